The van der Waals surface area contributed by atoms with Crippen molar-refractivity contribution in [1.29, 1.82) is 0 Å². The van der Waals surface area contributed by atoms with Crippen molar-refractivity contribution in [1.82, 2.24) is 4.90 Å². The Kier molecular flexibility index (Phi) is 3.77. The van der Waals surface area contributed by atoms with Crippen molar-refractivity contribution in [3.8, 4) is 0 Å². The molecule has 0 unspecified atom stereocenters. The average Bonchev–Trinajstić information content (AvgIpc) is 2.75. The smallest absolute Gasteiger partial charge is 0.258 e. The Balaban J connectivity index is 2.05. The first-order valence-electron chi connectivity index (χ1n) is 5.76. The number of likely N-dealkylation sites (tertiary alicyclic amines) is 1. The van der Waals surface area contributed by atoms with Gasteiger partial charge in [0.15, 0.2) is 4.67 Å². The van der Waals surface area contributed by atoms with Gasteiger partial charge < -0.3 is 15.1 Å². The number of nitrogens with two attached hydrogens (primary N) is 1. The number of amides is 1. The van der Waals surface area contributed by atoms with Crippen LogP contribution < -0.4 is 5.73 Å². The highest BCUT2D eigenvalue weighted by Crippen LogP contribution is 2.32. The van der Waals surface area contributed by atoms with Gasteiger partial charge in [-0.15, -0.1) is 0 Å². The molecule has 1 aliphatic heterocycles. The normalized spacial score (nSPS) is 18.7. The van der Waals surface area contributed by atoms with E-state index in [1.54, 1.807) is 6.07 Å². The molecule has 0 atom stereocenters. The van der Waals surface area contributed by atoms with Crippen LogP contribution in [0.5, 0.6) is 0 Å². The molecule has 1 amide bonds. The Bertz CT molecular complexity index is 478. The first-order valence-corrected chi connectivity index (χ1v) is 6.96. The highest BCUT2D eigenvalue weighted by molar-refractivity contribution is 9.10. The van der Waals surface area contributed by atoms with E-state index in [9.17, 15) is 4.79 Å². The van der Waals surface area contributed by atoms with Gasteiger partial charge in [0.25, 0.3) is 5.91 Å². The molecular weight excluding hydrogens is 316 g/mol. The molecule has 0 spiro atoms. The van der Waals surface area contributed by atoms with Crippen LogP contribution in [0.15, 0.2) is 21.4 Å². The largest absolute Gasteiger partial charge is 0.457 e. The molecule has 0 aromatic carbocycles. The Labute approximate surface area is 120 Å². The molecule has 2 N–H and O–H groups in total. The second kappa shape index (κ2) is 5.01. The van der Waals surface area contributed by atoms with Gasteiger partial charge in [0.2, 0.25) is 0 Å². The van der Waals surface area contributed by atoms with Gasteiger partial charge in [-0.05, 0) is 34.8 Å². The third-order valence-electron chi connectivity index (χ3n) is 3.60. The maximum atomic E-state index is 12.2. The zero-order chi connectivity index (χ0) is 13.3. The van der Waals surface area contributed by atoms with E-state index in [1.807, 2.05) is 4.90 Å². The van der Waals surface area contributed by atoms with E-state index >= 15 is 0 Å². The number of halogens is 1. The van der Waals surface area contributed by atoms with Crippen molar-refractivity contribution in [3.63, 3.8) is 0 Å². The van der Waals surface area contributed by atoms with E-state index in [0.29, 0.717) is 28.3 Å². The Morgan fingerprint density at radius 3 is 2.61 bits per heavy atom. The zero-order valence-corrected chi connectivity index (χ0v) is 12.5. The van der Waals surface area contributed by atoms with Crippen LogP contribution in [0.2, 0.25) is 0 Å². The lowest BCUT2D eigenvalue weighted by Gasteiger charge is -2.38. The Morgan fingerprint density at radius 2 is 2.17 bits per heavy atom. The number of nitrogens with zero attached hydrogens (tertiary/aromatic N) is 1. The first-order chi connectivity index (χ1) is 8.44. The number of carbonyl (C=O) groups excluding carboxylic acids is 1. The van der Waals surface area contributed by atoms with Crippen LogP contribution in [0.1, 0.15) is 30.1 Å². The zero-order valence-electron chi connectivity index (χ0n) is 10.1. The number of hydrogen-bond donors (Lipinski definition) is 1. The van der Waals surface area contributed by atoms with E-state index < -0.39 is 0 Å². The van der Waals surface area contributed by atoms with Gasteiger partial charge >= 0.3 is 0 Å². The van der Waals surface area contributed by atoms with Crippen molar-refractivity contribution < 1.29 is 9.21 Å². The highest BCUT2D eigenvalue weighted by Gasteiger charge is 2.34. The molecule has 0 radical (unpaired) electrons. The average molecular weight is 331 g/mol. The third-order valence-corrected chi connectivity index (χ3v) is 4.70. The number of hydrogen-bond acceptors (Lipinski definition) is 3. The number of piperidine rings is 1. The monoisotopic (exact) mass is 330 g/mol. The van der Waals surface area contributed by atoms with Crippen LogP contribution in [-0.2, 0) is 0 Å². The second-order valence-corrected chi connectivity index (χ2v) is 5.99. The SMILES string of the molecule is CC1(C(N)=S)CCN(C(=O)c2ccoc2Br)CC1. The summed E-state index contributed by atoms with van der Waals surface area (Å²) in [5, 5.41) is 0. The van der Waals surface area contributed by atoms with Crippen LogP contribution in [0.4, 0.5) is 0 Å². The van der Waals surface area contributed by atoms with Crippen molar-refractivity contribution in [2.75, 3.05) is 13.1 Å². The summed E-state index contributed by atoms with van der Waals surface area (Å²) in [5.41, 5.74) is 6.19. The minimum absolute atomic E-state index is 0.0133. The fourth-order valence-corrected chi connectivity index (χ4v) is 2.68. The van der Waals surface area contributed by atoms with Crippen LogP contribution in [0.25, 0.3) is 0 Å². The minimum Gasteiger partial charge on any atom is -0.457 e. The lowest BCUT2D eigenvalue weighted by molar-refractivity contribution is 0.0668. The predicted octanol–water partition coefficient (Wildman–Crippen LogP) is 2.57. The lowest BCUT2D eigenvalue weighted by Crippen LogP contribution is -2.46. The third kappa shape index (κ3) is 2.44. The summed E-state index contributed by atoms with van der Waals surface area (Å²) in [6.45, 7) is 3.40. The van der Waals surface area contributed by atoms with Gasteiger partial charge in [0.05, 0.1) is 16.8 Å². The summed E-state index contributed by atoms with van der Waals surface area (Å²) in [7, 11) is 0. The molecule has 1 aliphatic rings. The van der Waals surface area contributed by atoms with Gasteiger partial charge in [-0.25, -0.2) is 0 Å². The molecule has 2 heterocycles. The van der Waals surface area contributed by atoms with Crippen molar-refractivity contribution >= 4 is 39.0 Å². The number of rotatable bonds is 2. The fraction of sp³-hybridized carbons (Fsp3) is 0.500. The van der Waals surface area contributed by atoms with Crippen LogP contribution in [-0.4, -0.2) is 28.9 Å². The summed E-state index contributed by atoms with van der Waals surface area (Å²) < 4.78 is 5.57. The maximum Gasteiger partial charge on any atom is 0.258 e. The molecular formula is C12H15BrN2O2S. The molecule has 4 nitrogen and oxygen atoms in total. The molecule has 0 bridgehead atoms. The fourth-order valence-electron chi connectivity index (χ4n) is 2.07. The van der Waals surface area contributed by atoms with Crippen LogP contribution in [0.3, 0.4) is 0 Å². The molecule has 98 valence electrons. The van der Waals surface area contributed by atoms with E-state index in [0.717, 1.165) is 12.8 Å². The summed E-state index contributed by atoms with van der Waals surface area (Å²) >= 11 is 8.31. The van der Waals surface area contributed by atoms with Gasteiger partial charge in [-0.3, -0.25) is 4.79 Å². The summed E-state index contributed by atoms with van der Waals surface area (Å²) in [5.74, 6) is -0.0133. The van der Waals surface area contributed by atoms with E-state index in [4.69, 9.17) is 22.4 Å². The first kappa shape index (κ1) is 13.5. The summed E-state index contributed by atoms with van der Waals surface area (Å²) in [4.78, 5) is 14.6. The van der Waals surface area contributed by atoms with E-state index in [2.05, 4.69) is 22.9 Å². The second-order valence-electron chi connectivity index (χ2n) is 4.83. The van der Waals surface area contributed by atoms with Crippen LogP contribution in [0, 0.1) is 5.41 Å². The molecule has 1 saturated heterocycles. The Morgan fingerprint density at radius 1 is 1.56 bits per heavy atom. The molecule has 2 rings (SSSR count). The molecule has 0 saturated carbocycles. The number of thiocarbonyl (C=S) groups is 1. The van der Waals surface area contributed by atoms with Gasteiger partial charge in [-0.1, -0.05) is 19.1 Å². The topological polar surface area (TPSA) is 59.5 Å². The van der Waals surface area contributed by atoms with E-state index in [1.165, 1.54) is 6.26 Å². The van der Waals surface area contributed by atoms with Gasteiger partial charge in [-0.2, -0.15) is 0 Å². The molecule has 18 heavy (non-hydrogen) atoms. The number of carbonyl (C=O) groups is 1. The lowest BCUT2D eigenvalue weighted by atomic mass is 9.80. The quantitative estimate of drug-likeness (QED) is 0.846. The Hall–Kier alpha value is -0.880. The van der Waals surface area contributed by atoms with Crippen molar-refractivity contribution in [2.45, 2.75) is 19.8 Å². The van der Waals surface area contributed by atoms with Crippen molar-refractivity contribution in [2.24, 2.45) is 11.1 Å². The van der Waals surface area contributed by atoms with Crippen LogP contribution >= 0.6 is 28.1 Å². The molecule has 1 fully saturated rings. The van der Waals surface area contributed by atoms with Crippen molar-refractivity contribution in [3.05, 3.63) is 22.6 Å². The summed E-state index contributed by atoms with van der Waals surface area (Å²) in [6.07, 6.45) is 3.12. The minimum atomic E-state index is -0.125. The van der Waals surface area contributed by atoms with Gasteiger partial charge in [0, 0.05) is 18.5 Å². The maximum absolute atomic E-state index is 12.2. The standard InChI is InChI=1S/C12H15BrN2O2S/c1-12(11(14)18)3-5-15(6-4-12)10(16)8-2-7-17-9(8)13/h2,7H,3-6H2,1H3,(H2,14,18). The summed E-state index contributed by atoms with van der Waals surface area (Å²) in [6, 6.07) is 1.67. The molecule has 1 aromatic heterocycles. The molecule has 0 aliphatic carbocycles. The highest BCUT2D eigenvalue weighted by atomic mass is 79.9. The molecule has 1 aromatic rings. The number of furan rings is 1. The molecule has 6 heteroatoms. The van der Waals surface area contributed by atoms with E-state index in [-0.39, 0.29) is 11.3 Å². The predicted molar refractivity (Wildman–Crippen MR) is 76.4 cm³/mol. The van der Waals surface area contributed by atoms with Gasteiger partial charge in [0.1, 0.15) is 0 Å².